The van der Waals surface area contributed by atoms with Crippen molar-refractivity contribution in [3.05, 3.63) is 53.6 Å². The van der Waals surface area contributed by atoms with Crippen LogP contribution in [0, 0.1) is 13.8 Å². The first-order valence-electron chi connectivity index (χ1n) is 5.78. The molecule has 0 fully saturated rings. The van der Waals surface area contributed by atoms with Crippen molar-refractivity contribution in [2.45, 2.75) is 20.2 Å². The molecule has 0 spiro atoms. The monoisotopic (exact) mass is 266 g/mol. The summed E-state index contributed by atoms with van der Waals surface area (Å²) in [5.74, 6) is -0.208. The predicted molar refractivity (Wildman–Crippen MR) is 68.0 cm³/mol. The smallest absolute Gasteiger partial charge is 0.406 e. The van der Waals surface area contributed by atoms with Crippen LogP contribution < -0.4 is 4.74 Å². The van der Waals surface area contributed by atoms with Crippen molar-refractivity contribution >= 4 is 0 Å². The van der Waals surface area contributed by atoms with Crippen LogP contribution in [0.3, 0.4) is 0 Å². The van der Waals surface area contributed by atoms with Crippen molar-refractivity contribution < 1.29 is 17.9 Å². The fraction of sp³-hybridized carbons (Fsp3) is 0.200. The zero-order valence-electron chi connectivity index (χ0n) is 10.6. The number of hydrogen-bond donors (Lipinski definition) is 0. The van der Waals surface area contributed by atoms with Crippen molar-refractivity contribution in [2.24, 2.45) is 0 Å². The van der Waals surface area contributed by atoms with Crippen LogP contribution in [0.5, 0.6) is 5.75 Å². The zero-order chi connectivity index (χ0) is 14.0. The average molecular weight is 266 g/mol. The molecule has 0 N–H and O–H groups in total. The van der Waals surface area contributed by atoms with E-state index in [9.17, 15) is 13.2 Å². The highest BCUT2D eigenvalue weighted by molar-refractivity contribution is 5.65. The third-order valence-electron chi connectivity index (χ3n) is 2.93. The minimum atomic E-state index is -4.65. The molecule has 0 unspecified atom stereocenters. The molecule has 4 heteroatoms. The summed E-state index contributed by atoms with van der Waals surface area (Å²) < 4.78 is 40.0. The molecule has 0 amide bonds. The third-order valence-corrected chi connectivity index (χ3v) is 2.93. The Morgan fingerprint density at radius 2 is 1.37 bits per heavy atom. The van der Waals surface area contributed by atoms with Gasteiger partial charge in [-0.3, -0.25) is 0 Å². The maximum atomic E-state index is 12.0. The highest BCUT2D eigenvalue weighted by atomic mass is 19.4. The summed E-state index contributed by atoms with van der Waals surface area (Å²) in [7, 11) is 0. The second kappa shape index (κ2) is 4.96. The highest BCUT2D eigenvalue weighted by Gasteiger charge is 2.30. The van der Waals surface area contributed by atoms with Gasteiger partial charge in [0.1, 0.15) is 5.75 Å². The molecule has 0 aliphatic carbocycles. The van der Waals surface area contributed by atoms with Gasteiger partial charge in [0.05, 0.1) is 0 Å². The molecule has 0 heterocycles. The molecule has 0 saturated carbocycles. The van der Waals surface area contributed by atoms with Crippen LogP contribution in [0.2, 0.25) is 0 Å². The molecule has 19 heavy (non-hydrogen) atoms. The highest BCUT2D eigenvalue weighted by Crippen LogP contribution is 2.27. The molecule has 0 bridgehead atoms. The standard InChI is InChI=1S/C15H13F3O/c1-10-3-4-13(9-11(10)2)12-5-7-14(8-6-12)19-15(16,17)18/h3-9H,1-2H3. The van der Waals surface area contributed by atoms with Gasteiger partial charge in [0.15, 0.2) is 0 Å². The van der Waals surface area contributed by atoms with Crippen molar-refractivity contribution in [2.75, 3.05) is 0 Å². The first-order chi connectivity index (χ1) is 8.85. The summed E-state index contributed by atoms with van der Waals surface area (Å²) in [5.41, 5.74) is 4.16. The molecule has 0 saturated heterocycles. The molecule has 0 aliphatic rings. The number of benzene rings is 2. The Bertz CT molecular complexity index is 571. The minimum Gasteiger partial charge on any atom is -0.406 e. The summed E-state index contributed by atoms with van der Waals surface area (Å²) in [6.07, 6.45) is -4.65. The second-order valence-electron chi connectivity index (χ2n) is 4.37. The summed E-state index contributed by atoms with van der Waals surface area (Å²) in [5, 5.41) is 0. The van der Waals surface area contributed by atoms with Crippen molar-refractivity contribution in [1.82, 2.24) is 0 Å². The van der Waals surface area contributed by atoms with Crippen LogP contribution in [-0.2, 0) is 0 Å². The fourth-order valence-corrected chi connectivity index (χ4v) is 1.77. The SMILES string of the molecule is Cc1ccc(-c2ccc(OC(F)(F)F)cc2)cc1C. The molecule has 2 aromatic carbocycles. The van der Waals surface area contributed by atoms with E-state index in [4.69, 9.17) is 0 Å². The van der Waals surface area contributed by atoms with E-state index < -0.39 is 6.36 Å². The molecule has 0 atom stereocenters. The average Bonchev–Trinajstić information content (AvgIpc) is 2.32. The molecule has 0 aliphatic heterocycles. The van der Waals surface area contributed by atoms with E-state index in [0.29, 0.717) is 0 Å². The minimum absolute atomic E-state index is 0.208. The maximum Gasteiger partial charge on any atom is 0.573 e. The van der Waals surface area contributed by atoms with Crippen LogP contribution >= 0.6 is 0 Å². The van der Waals surface area contributed by atoms with E-state index in [-0.39, 0.29) is 5.75 Å². The first-order valence-corrected chi connectivity index (χ1v) is 5.78. The van der Waals surface area contributed by atoms with E-state index >= 15 is 0 Å². The maximum absolute atomic E-state index is 12.0. The Labute approximate surface area is 109 Å². The number of ether oxygens (including phenoxy) is 1. The topological polar surface area (TPSA) is 9.23 Å². The van der Waals surface area contributed by atoms with Gasteiger partial charge in [-0.2, -0.15) is 0 Å². The number of alkyl halides is 3. The van der Waals surface area contributed by atoms with Crippen LogP contribution in [-0.4, -0.2) is 6.36 Å². The lowest BCUT2D eigenvalue weighted by molar-refractivity contribution is -0.274. The molecule has 0 aromatic heterocycles. The molecule has 2 rings (SSSR count). The van der Waals surface area contributed by atoms with Gasteiger partial charge in [-0.05, 0) is 48.2 Å². The van der Waals surface area contributed by atoms with Crippen molar-refractivity contribution in [3.63, 3.8) is 0 Å². The summed E-state index contributed by atoms with van der Waals surface area (Å²) in [6, 6.07) is 11.8. The first kappa shape index (κ1) is 13.5. The molecule has 100 valence electrons. The van der Waals surface area contributed by atoms with Crippen LogP contribution in [0.1, 0.15) is 11.1 Å². The quantitative estimate of drug-likeness (QED) is 0.753. The lowest BCUT2D eigenvalue weighted by atomic mass is 10.0. The lowest BCUT2D eigenvalue weighted by Crippen LogP contribution is -2.16. The molecule has 2 aromatic rings. The van der Waals surface area contributed by atoms with Gasteiger partial charge in [0.2, 0.25) is 0 Å². The normalized spacial score (nSPS) is 11.4. The largest absolute Gasteiger partial charge is 0.573 e. The van der Waals surface area contributed by atoms with Gasteiger partial charge in [0, 0.05) is 0 Å². The molecule has 0 radical (unpaired) electrons. The molecule has 1 nitrogen and oxygen atoms in total. The van der Waals surface area contributed by atoms with Crippen LogP contribution in [0.15, 0.2) is 42.5 Å². The van der Waals surface area contributed by atoms with Crippen molar-refractivity contribution in [3.8, 4) is 16.9 Å². The van der Waals surface area contributed by atoms with E-state index in [1.165, 1.54) is 17.7 Å². The van der Waals surface area contributed by atoms with Gasteiger partial charge in [0.25, 0.3) is 0 Å². The van der Waals surface area contributed by atoms with Crippen LogP contribution in [0.25, 0.3) is 11.1 Å². The van der Waals surface area contributed by atoms with Gasteiger partial charge in [-0.1, -0.05) is 30.3 Å². The van der Waals surface area contributed by atoms with Gasteiger partial charge in [-0.15, -0.1) is 13.2 Å². The fourth-order valence-electron chi connectivity index (χ4n) is 1.77. The zero-order valence-corrected chi connectivity index (χ0v) is 10.6. The van der Waals surface area contributed by atoms with E-state index in [1.807, 2.05) is 32.0 Å². The van der Waals surface area contributed by atoms with E-state index in [0.717, 1.165) is 16.7 Å². The molecular formula is C15H13F3O. The third kappa shape index (κ3) is 3.50. The Balaban J connectivity index is 2.25. The second-order valence-corrected chi connectivity index (χ2v) is 4.37. The van der Waals surface area contributed by atoms with Gasteiger partial charge in [-0.25, -0.2) is 0 Å². The van der Waals surface area contributed by atoms with Gasteiger partial charge >= 0.3 is 6.36 Å². The number of hydrogen-bond acceptors (Lipinski definition) is 1. The van der Waals surface area contributed by atoms with E-state index in [1.54, 1.807) is 12.1 Å². The Kier molecular flexibility index (Phi) is 3.51. The van der Waals surface area contributed by atoms with Crippen molar-refractivity contribution in [1.29, 1.82) is 0 Å². The predicted octanol–water partition coefficient (Wildman–Crippen LogP) is 4.87. The number of aryl methyl sites for hydroxylation is 2. The molecular weight excluding hydrogens is 253 g/mol. The number of rotatable bonds is 2. The summed E-state index contributed by atoms with van der Waals surface area (Å²) in [4.78, 5) is 0. The lowest BCUT2D eigenvalue weighted by Gasteiger charge is -2.10. The van der Waals surface area contributed by atoms with Gasteiger partial charge < -0.3 is 4.74 Å². The Morgan fingerprint density at radius 3 is 1.89 bits per heavy atom. The summed E-state index contributed by atoms with van der Waals surface area (Å²) in [6.45, 7) is 4.01. The Hall–Kier alpha value is -1.97. The number of halogens is 3. The van der Waals surface area contributed by atoms with E-state index in [2.05, 4.69) is 4.74 Å². The summed E-state index contributed by atoms with van der Waals surface area (Å²) >= 11 is 0. The van der Waals surface area contributed by atoms with Crippen LogP contribution in [0.4, 0.5) is 13.2 Å². The Morgan fingerprint density at radius 1 is 0.789 bits per heavy atom.